The number of aliphatic imine (C=N–C) groups is 1. The molecule has 2 rings (SSSR count). The molecule has 0 radical (unpaired) electrons. The molecule has 0 fully saturated rings. The zero-order valence-corrected chi connectivity index (χ0v) is 12.9. The Kier molecular flexibility index (Phi) is 4.22. The molecule has 2 nitrogen and oxygen atoms in total. The topological polar surface area (TPSA) is 24.4 Å². The molecule has 1 N–H and O–H groups in total. The third-order valence-electron chi connectivity index (χ3n) is 3.64. The first-order valence-corrected chi connectivity index (χ1v) is 7.15. The van der Waals surface area contributed by atoms with Gasteiger partial charge in [0.2, 0.25) is 0 Å². The predicted octanol–water partition coefficient (Wildman–Crippen LogP) is 4.57. The van der Waals surface area contributed by atoms with E-state index >= 15 is 0 Å². The van der Waals surface area contributed by atoms with Gasteiger partial charge in [-0.15, -0.1) is 0 Å². The van der Waals surface area contributed by atoms with Crippen molar-refractivity contribution in [2.45, 2.75) is 33.2 Å². The molecule has 1 heterocycles. The number of nitrogens with one attached hydrogen (secondary N) is 1. The SMILES string of the molecule is CCC(C)(C)C1N=C(c2ccc(Cl)cc2)NC=C1Cl. The van der Waals surface area contributed by atoms with Gasteiger partial charge in [-0.25, -0.2) is 0 Å². The number of rotatable bonds is 3. The zero-order chi connectivity index (χ0) is 14.0. The van der Waals surface area contributed by atoms with Crippen LogP contribution in [0.1, 0.15) is 32.8 Å². The van der Waals surface area contributed by atoms with E-state index in [1.807, 2.05) is 30.5 Å². The third-order valence-corrected chi connectivity index (χ3v) is 4.20. The van der Waals surface area contributed by atoms with E-state index in [0.29, 0.717) is 0 Å². The monoisotopic (exact) mass is 296 g/mol. The molecule has 0 aliphatic carbocycles. The molecule has 0 saturated heterocycles. The van der Waals surface area contributed by atoms with Crippen LogP contribution in [-0.2, 0) is 0 Å². The van der Waals surface area contributed by atoms with Crippen LogP contribution in [0.3, 0.4) is 0 Å². The average Bonchev–Trinajstić information content (AvgIpc) is 2.40. The van der Waals surface area contributed by atoms with Gasteiger partial charge in [-0.3, -0.25) is 4.99 Å². The highest BCUT2D eigenvalue weighted by molar-refractivity contribution is 6.31. The van der Waals surface area contributed by atoms with E-state index < -0.39 is 0 Å². The van der Waals surface area contributed by atoms with E-state index in [4.69, 9.17) is 28.2 Å². The molecule has 1 aromatic rings. The Morgan fingerprint density at radius 1 is 1.21 bits per heavy atom. The van der Waals surface area contributed by atoms with Crippen LogP contribution in [0.25, 0.3) is 0 Å². The Morgan fingerprint density at radius 3 is 2.42 bits per heavy atom. The summed E-state index contributed by atoms with van der Waals surface area (Å²) in [6, 6.07) is 7.63. The molecule has 1 aliphatic rings. The lowest BCUT2D eigenvalue weighted by atomic mass is 9.81. The highest BCUT2D eigenvalue weighted by Crippen LogP contribution is 2.35. The summed E-state index contributed by atoms with van der Waals surface area (Å²) in [7, 11) is 0. The lowest BCUT2D eigenvalue weighted by molar-refractivity contribution is 0.308. The van der Waals surface area contributed by atoms with Gasteiger partial charge in [0.25, 0.3) is 0 Å². The second-order valence-corrected chi connectivity index (χ2v) is 6.28. The molecule has 102 valence electrons. The molecule has 0 amide bonds. The van der Waals surface area contributed by atoms with E-state index in [1.165, 1.54) is 0 Å². The summed E-state index contributed by atoms with van der Waals surface area (Å²) in [4.78, 5) is 4.77. The second-order valence-electron chi connectivity index (χ2n) is 5.40. The van der Waals surface area contributed by atoms with Gasteiger partial charge in [0.15, 0.2) is 0 Å². The Balaban J connectivity index is 2.33. The summed E-state index contributed by atoms with van der Waals surface area (Å²) in [5, 5.41) is 4.62. The fraction of sp³-hybridized carbons (Fsp3) is 0.400. The summed E-state index contributed by atoms with van der Waals surface area (Å²) in [5.74, 6) is 0.840. The van der Waals surface area contributed by atoms with Crippen LogP contribution < -0.4 is 5.32 Å². The van der Waals surface area contributed by atoms with Crippen LogP contribution >= 0.6 is 23.2 Å². The van der Waals surface area contributed by atoms with Gasteiger partial charge in [0, 0.05) is 16.8 Å². The van der Waals surface area contributed by atoms with Gasteiger partial charge in [-0.05, 0) is 36.1 Å². The molecule has 0 spiro atoms. The lowest BCUT2D eigenvalue weighted by Gasteiger charge is -2.33. The van der Waals surface area contributed by atoms with Crippen LogP contribution in [0.4, 0.5) is 0 Å². The number of halogens is 2. The minimum absolute atomic E-state index is 0.00825. The van der Waals surface area contributed by atoms with E-state index in [9.17, 15) is 0 Å². The van der Waals surface area contributed by atoms with Crippen molar-refractivity contribution in [3.8, 4) is 0 Å². The average molecular weight is 297 g/mol. The molecule has 1 aromatic carbocycles. The Hall–Kier alpha value is -0.990. The predicted molar refractivity (Wildman–Crippen MR) is 82.9 cm³/mol. The summed E-state index contributed by atoms with van der Waals surface area (Å²) in [6.45, 7) is 6.52. The van der Waals surface area contributed by atoms with Crippen molar-refractivity contribution >= 4 is 29.0 Å². The molecular weight excluding hydrogens is 279 g/mol. The normalized spacial score (nSPS) is 19.5. The van der Waals surface area contributed by atoms with Crippen LogP contribution in [0, 0.1) is 5.41 Å². The van der Waals surface area contributed by atoms with Crippen LogP contribution in [-0.4, -0.2) is 11.9 Å². The Bertz CT molecular complexity index is 515. The minimum Gasteiger partial charge on any atom is -0.345 e. The summed E-state index contributed by atoms with van der Waals surface area (Å²) in [6.07, 6.45) is 2.85. The largest absolute Gasteiger partial charge is 0.345 e. The number of hydrogen-bond acceptors (Lipinski definition) is 2. The van der Waals surface area contributed by atoms with Gasteiger partial charge in [-0.2, -0.15) is 0 Å². The first-order chi connectivity index (χ1) is 8.94. The maximum atomic E-state index is 6.29. The van der Waals surface area contributed by atoms with Crippen molar-refractivity contribution in [2.75, 3.05) is 0 Å². The first kappa shape index (κ1) is 14.4. The highest BCUT2D eigenvalue weighted by atomic mass is 35.5. The minimum atomic E-state index is -0.00825. The van der Waals surface area contributed by atoms with E-state index in [0.717, 1.165) is 27.9 Å². The molecule has 0 aromatic heterocycles. The Morgan fingerprint density at radius 2 is 1.84 bits per heavy atom. The van der Waals surface area contributed by atoms with Crippen molar-refractivity contribution in [1.29, 1.82) is 0 Å². The number of amidine groups is 1. The van der Waals surface area contributed by atoms with Gasteiger partial charge < -0.3 is 5.32 Å². The van der Waals surface area contributed by atoms with Crippen LogP contribution in [0.2, 0.25) is 5.02 Å². The van der Waals surface area contributed by atoms with Gasteiger partial charge in [0.1, 0.15) is 5.84 Å². The molecule has 4 heteroatoms. The van der Waals surface area contributed by atoms with Crippen LogP contribution in [0.5, 0.6) is 0 Å². The fourth-order valence-electron chi connectivity index (χ4n) is 1.95. The zero-order valence-electron chi connectivity index (χ0n) is 11.4. The highest BCUT2D eigenvalue weighted by Gasteiger charge is 2.32. The molecule has 0 saturated carbocycles. The number of benzene rings is 1. The number of hydrogen-bond donors (Lipinski definition) is 1. The first-order valence-electron chi connectivity index (χ1n) is 6.40. The van der Waals surface area contributed by atoms with Crippen molar-refractivity contribution < 1.29 is 0 Å². The standard InChI is InChI=1S/C15H18Cl2N2/c1-4-15(2,3)13-12(17)9-18-14(19-13)10-5-7-11(16)8-6-10/h5-9,13H,4H2,1-3H3,(H,18,19). The van der Waals surface area contributed by atoms with Gasteiger partial charge in [0.05, 0.1) is 11.1 Å². The summed E-state index contributed by atoms with van der Waals surface area (Å²) in [5.41, 5.74) is 1.05. The maximum Gasteiger partial charge on any atom is 0.132 e. The molecule has 19 heavy (non-hydrogen) atoms. The molecule has 0 bridgehead atoms. The molecular formula is C15H18Cl2N2. The maximum absolute atomic E-state index is 6.29. The van der Waals surface area contributed by atoms with Crippen LogP contribution in [0.15, 0.2) is 40.5 Å². The van der Waals surface area contributed by atoms with Gasteiger partial charge >= 0.3 is 0 Å². The van der Waals surface area contributed by atoms with Crippen molar-refractivity contribution in [3.05, 3.63) is 46.1 Å². The lowest BCUT2D eigenvalue weighted by Crippen LogP contribution is -2.35. The third kappa shape index (κ3) is 3.13. The smallest absolute Gasteiger partial charge is 0.132 e. The van der Waals surface area contributed by atoms with Crippen molar-refractivity contribution in [2.24, 2.45) is 10.4 Å². The molecule has 1 unspecified atom stereocenters. The number of nitrogens with zero attached hydrogens (tertiary/aromatic N) is 1. The second kappa shape index (κ2) is 5.56. The molecule has 1 aliphatic heterocycles. The molecule has 1 atom stereocenters. The van der Waals surface area contributed by atoms with Crippen molar-refractivity contribution in [1.82, 2.24) is 5.32 Å². The van der Waals surface area contributed by atoms with Crippen molar-refractivity contribution in [3.63, 3.8) is 0 Å². The van der Waals surface area contributed by atoms with Gasteiger partial charge in [-0.1, -0.05) is 44.0 Å². The Labute approximate surface area is 124 Å². The van der Waals surface area contributed by atoms with E-state index in [1.54, 1.807) is 0 Å². The summed E-state index contributed by atoms with van der Waals surface area (Å²) < 4.78 is 0. The van der Waals surface area contributed by atoms with E-state index in [-0.39, 0.29) is 11.5 Å². The fourth-order valence-corrected chi connectivity index (χ4v) is 2.48. The summed E-state index contributed by atoms with van der Waals surface area (Å²) >= 11 is 12.2. The quantitative estimate of drug-likeness (QED) is 0.868. The van der Waals surface area contributed by atoms with E-state index in [2.05, 4.69) is 26.1 Å².